The van der Waals surface area contributed by atoms with Gasteiger partial charge in [0, 0.05) is 44.3 Å². The van der Waals surface area contributed by atoms with Crippen LogP contribution in [0.15, 0.2) is 34.9 Å². The fourth-order valence-electron chi connectivity index (χ4n) is 1.83. The van der Waals surface area contributed by atoms with Gasteiger partial charge in [0.1, 0.15) is 0 Å². The van der Waals surface area contributed by atoms with E-state index in [0.717, 1.165) is 13.1 Å². The lowest BCUT2D eigenvalue weighted by Gasteiger charge is -2.01. The van der Waals surface area contributed by atoms with Crippen LogP contribution in [-0.4, -0.2) is 36.7 Å². The van der Waals surface area contributed by atoms with E-state index in [4.69, 9.17) is 9.15 Å². The smallest absolute Gasteiger partial charge is 0.270 e. The van der Waals surface area contributed by atoms with Crippen LogP contribution in [0.25, 0.3) is 11.3 Å². The lowest BCUT2D eigenvalue weighted by atomic mass is 10.2. The molecule has 0 aliphatic carbocycles. The molecule has 1 aromatic heterocycles. The minimum Gasteiger partial charge on any atom is -0.441 e. The lowest BCUT2D eigenvalue weighted by Crippen LogP contribution is -2.21. The van der Waals surface area contributed by atoms with Crippen molar-refractivity contribution in [1.29, 1.82) is 0 Å². The van der Waals surface area contributed by atoms with E-state index in [1.54, 1.807) is 25.4 Å². The Morgan fingerprint density at radius 3 is 3.05 bits per heavy atom. The van der Waals surface area contributed by atoms with Gasteiger partial charge in [-0.3, -0.25) is 10.1 Å². The first-order chi connectivity index (χ1) is 10.2. The van der Waals surface area contributed by atoms with Crippen molar-refractivity contribution in [3.05, 3.63) is 46.5 Å². The molecule has 1 aromatic carbocycles. The maximum atomic E-state index is 10.8. The Bertz CT molecular complexity index is 597. The average molecular weight is 291 g/mol. The van der Waals surface area contributed by atoms with Crippen molar-refractivity contribution < 1.29 is 14.1 Å². The van der Waals surface area contributed by atoms with E-state index in [1.807, 2.05) is 0 Å². The van der Waals surface area contributed by atoms with E-state index < -0.39 is 4.92 Å². The second-order valence-corrected chi connectivity index (χ2v) is 4.42. The Morgan fingerprint density at radius 2 is 2.29 bits per heavy atom. The molecule has 0 aliphatic rings. The normalized spacial score (nSPS) is 10.7. The minimum atomic E-state index is -0.430. The third kappa shape index (κ3) is 4.37. The molecule has 21 heavy (non-hydrogen) atoms. The van der Waals surface area contributed by atoms with Gasteiger partial charge in [-0.25, -0.2) is 4.98 Å². The van der Waals surface area contributed by atoms with Crippen LogP contribution in [0.4, 0.5) is 5.69 Å². The zero-order valence-electron chi connectivity index (χ0n) is 11.7. The summed E-state index contributed by atoms with van der Waals surface area (Å²) in [5.74, 6) is 1.13. The summed E-state index contributed by atoms with van der Waals surface area (Å²) in [5, 5.41) is 14.0. The topological polar surface area (TPSA) is 90.4 Å². The van der Waals surface area contributed by atoms with E-state index in [-0.39, 0.29) is 5.69 Å². The number of methoxy groups -OCH3 is 1. The van der Waals surface area contributed by atoms with Crippen LogP contribution in [0.5, 0.6) is 0 Å². The number of nitrogens with one attached hydrogen (secondary N) is 1. The van der Waals surface area contributed by atoms with E-state index in [9.17, 15) is 10.1 Å². The van der Waals surface area contributed by atoms with Crippen molar-refractivity contribution in [2.24, 2.45) is 0 Å². The number of non-ortho nitro benzene ring substituents is 1. The molecule has 7 heteroatoms. The molecule has 1 heterocycles. The Kier molecular flexibility index (Phi) is 5.42. The first-order valence-electron chi connectivity index (χ1n) is 6.60. The molecule has 1 N–H and O–H groups in total. The number of rotatable bonds is 8. The highest BCUT2D eigenvalue weighted by Gasteiger charge is 2.10. The largest absolute Gasteiger partial charge is 0.441 e. The monoisotopic (exact) mass is 291 g/mol. The van der Waals surface area contributed by atoms with Gasteiger partial charge in [0.25, 0.3) is 5.69 Å². The fraction of sp³-hybridized carbons (Fsp3) is 0.357. The quantitative estimate of drug-likeness (QED) is 0.454. The number of hydrogen-bond donors (Lipinski definition) is 1. The zero-order valence-corrected chi connectivity index (χ0v) is 11.7. The molecule has 2 rings (SSSR count). The molecule has 0 fully saturated rings. The van der Waals surface area contributed by atoms with Crippen molar-refractivity contribution in [3.8, 4) is 11.3 Å². The number of oxazole rings is 1. The van der Waals surface area contributed by atoms with E-state index in [0.29, 0.717) is 30.2 Å². The van der Waals surface area contributed by atoms with Crippen LogP contribution >= 0.6 is 0 Å². The predicted octanol–water partition coefficient (Wildman–Crippen LogP) is 2.03. The van der Waals surface area contributed by atoms with Gasteiger partial charge in [0.05, 0.1) is 17.7 Å². The van der Waals surface area contributed by atoms with Gasteiger partial charge >= 0.3 is 0 Å². The number of benzene rings is 1. The summed E-state index contributed by atoms with van der Waals surface area (Å²) < 4.78 is 10.5. The highest BCUT2D eigenvalue weighted by Crippen LogP contribution is 2.24. The maximum absolute atomic E-state index is 10.8. The average Bonchev–Trinajstić information content (AvgIpc) is 2.96. The molecule has 0 atom stereocenters. The van der Waals surface area contributed by atoms with Crippen LogP contribution in [0.3, 0.4) is 0 Å². The van der Waals surface area contributed by atoms with Crippen molar-refractivity contribution in [1.82, 2.24) is 10.3 Å². The lowest BCUT2D eigenvalue weighted by molar-refractivity contribution is -0.384. The van der Waals surface area contributed by atoms with Gasteiger partial charge in [-0.05, 0) is 0 Å². The van der Waals surface area contributed by atoms with Gasteiger partial charge < -0.3 is 14.5 Å². The van der Waals surface area contributed by atoms with Gasteiger partial charge in [-0.15, -0.1) is 0 Å². The summed E-state index contributed by atoms with van der Waals surface area (Å²) in [6.45, 7) is 2.16. The van der Waals surface area contributed by atoms with Crippen molar-refractivity contribution in [2.45, 2.75) is 6.42 Å². The maximum Gasteiger partial charge on any atom is 0.270 e. The third-order valence-electron chi connectivity index (χ3n) is 2.89. The molecule has 7 nitrogen and oxygen atoms in total. The van der Waals surface area contributed by atoms with Crippen LogP contribution in [0.1, 0.15) is 5.89 Å². The molecule has 0 bridgehead atoms. The molecule has 0 saturated carbocycles. The van der Waals surface area contributed by atoms with Gasteiger partial charge in [-0.1, -0.05) is 12.1 Å². The number of nitro groups is 1. The Morgan fingerprint density at radius 1 is 1.43 bits per heavy atom. The summed E-state index contributed by atoms with van der Waals surface area (Å²) in [6, 6.07) is 6.30. The molecule has 112 valence electrons. The first kappa shape index (κ1) is 15.1. The van der Waals surface area contributed by atoms with E-state index in [2.05, 4.69) is 10.3 Å². The van der Waals surface area contributed by atoms with Crippen LogP contribution in [0.2, 0.25) is 0 Å². The first-order valence-corrected chi connectivity index (χ1v) is 6.60. The molecule has 2 aromatic rings. The number of hydrogen-bond acceptors (Lipinski definition) is 6. The van der Waals surface area contributed by atoms with Crippen molar-refractivity contribution >= 4 is 5.69 Å². The SMILES string of the molecule is COCCNCCc1ncc(-c2cccc([N+](=O)[O-])c2)o1. The van der Waals surface area contributed by atoms with E-state index in [1.165, 1.54) is 12.1 Å². The Hall–Kier alpha value is -2.25. The number of nitro benzene ring substituents is 1. The van der Waals surface area contributed by atoms with Gasteiger partial charge in [0.15, 0.2) is 11.7 Å². The molecule has 0 amide bonds. The standard InChI is InChI=1S/C14H17N3O4/c1-20-8-7-15-6-5-14-16-10-13(21-14)11-3-2-4-12(9-11)17(18)19/h2-4,9-10,15H,5-8H2,1H3. The Balaban J connectivity index is 1.96. The van der Waals surface area contributed by atoms with Crippen LogP contribution in [-0.2, 0) is 11.2 Å². The second-order valence-electron chi connectivity index (χ2n) is 4.42. The summed E-state index contributed by atoms with van der Waals surface area (Å²) in [5.41, 5.74) is 0.682. The molecule has 0 radical (unpaired) electrons. The number of aromatic nitrogens is 1. The van der Waals surface area contributed by atoms with E-state index >= 15 is 0 Å². The summed E-state index contributed by atoms with van der Waals surface area (Å²) >= 11 is 0. The zero-order chi connectivity index (χ0) is 15.1. The predicted molar refractivity (Wildman–Crippen MR) is 77.0 cm³/mol. The van der Waals surface area contributed by atoms with Gasteiger partial charge in [-0.2, -0.15) is 0 Å². The number of ether oxygens (including phenoxy) is 1. The molecule has 0 saturated heterocycles. The van der Waals surface area contributed by atoms with Crippen molar-refractivity contribution in [2.75, 3.05) is 26.8 Å². The molecular formula is C14H17N3O4. The van der Waals surface area contributed by atoms with Crippen LogP contribution in [0, 0.1) is 10.1 Å². The van der Waals surface area contributed by atoms with Gasteiger partial charge in [0.2, 0.25) is 0 Å². The summed E-state index contributed by atoms with van der Waals surface area (Å²) in [7, 11) is 1.65. The molecule has 0 aliphatic heterocycles. The Labute approximate surface area is 122 Å². The number of nitrogens with zero attached hydrogens (tertiary/aromatic N) is 2. The summed E-state index contributed by atoms with van der Waals surface area (Å²) in [4.78, 5) is 14.5. The molecule has 0 spiro atoms. The van der Waals surface area contributed by atoms with Crippen molar-refractivity contribution in [3.63, 3.8) is 0 Å². The highest BCUT2D eigenvalue weighted by molar-refractivity contribution is 5.60. The van der Waals surface area contributed by atoms with Crippen LogP contribution < -0.4 is 5.32 Å². The minimum absolute atomic E-state index is 0.0340. The summed E-state index contributed by atoms with van der Waals surface area (Å²) in [6.07, 6.45) is 2.24. The third-order valence-corrected chi connectivity index (χ3v) is 2.89. The second kappa shape index (κ2) is 7.51. The molecule has 0 unspecified atom stereocenters. The molecular weight excluding hydrogens is 274 g/mol. The fourth-order valence-corrected chi connectivity index (χ4v) is 1.83. The highest BCUT2D eigenvalue weighted by atomic mass is 16.6.